The molecule has 0 bridgehead atoms. The minimum absolute atomic E-state index is 0.0560. The molecule has 0 saturated carbocycles. The first-order valence-corrected chi connectivity index (χ1v) is 7.50. The Kier molecular flexibility index (Phi) is 4.72. The molecule has 0 aliphatic carbocycles. The van der Waals surface area contributed by atoms with Crippen molar-refractivity contribution in [1.29, 1.82) is 0 Å². The number of fused-ring (bicyclic) bond motifs is 1. The largest absolute Gasteiger partial charge is 0.485 e. The zero-order valence-electron chi connectivity index (χ0n) is 12.4. The fraction of sp³-hybridized carbons (Fsp3) is 0.125. The van der Waals surface area contributed by atoms with Crippen molar-refractivity contribution >= 4 is 29.2 Å². The third kappa shape index (κ3) is 3.88. The lowest BCUT2D eigenvalue weighted by molar-refractivity contribution is -0.131. The highest BCUT2D eigenvalue weighted by Crippen LogP contribution is 2.30. The number of para-hydroxylation sites is 2. The number of hydrazine groups is 1. The maximum absolute atomic E-state index is 12.0. The van der Waals surface area contributed by atoms with Crippen LogP contribution in [-0.2, 0) is 4.79 Å². The van der Waals surface area contributed by atoms with Crippen molar-refractivity contribution in [3.05, 3.63) is 53.6 Å². The van der Waals surface area contributed by atoms with Crippen molar-refractivity contribution in [3.63, 3.8) is 0 Å². The molecule has 1 aliphatic rings. The van der Waals surface area contributed by atoms with E-state index in [2.05, 4.69) is 16.2 Å². The third-order valence-electron chi connectivity index (χ3n) is 3.18. The Morgan fingerprint density at radius 2 is 1.83 bits per heavy atom. The monoisotopic (exact) mass is 347 g/mol. The zero-order valence-corrected chi connectivity index (χ0v) is 13.2. The van der Waals surface area contributed by atoms with Crippen molar-refractivity contribution in [3.8, 4) is 11.5 Å². The zero-order chi connectivity index (χ0) is 16.9. The van der Waals surface area contributed by atoms with E-state index in [0.29, 0.717) is 22.2 Å². The molecular weight excluding hydrogens is 334 g/mol. The van der Waals surface area contributed by atoms with Crippen LogP contribution in [0.1, 0.15) is 0 Å². The number of hydrogen-bond donors (Lipinski definition) is 3. The molecule has 124 valence electrons. The van der Waals surface area contributed by atoms with Crippen LogP contribution < -0.4 is 25.6 Å². The van der Waals surface area contributed by atoms with E-state index < -0.39 is 18.0 Å². The van der Waals surface area contributed by atoms with Crippen molar-refractivity contribution in [1.82, 2.24) is 10.9 Å². The van der Waals surface area contributed by atoms with Gasteiger partial charge in [0, 0.05) is 10.7 Å². The molecular formula is C16H14ClN3O4. The molecule has 1 atom stereocenters. The van der Waals surface area contributed by atoms with E-state index in [1.807, 2.05) is 6.07 Å². The number of hydrogen-bond acceptors (Lipinski definition) is 4. The number of carbonyl (C=O) groups excluding carboxylic acids is 2. The lowest BCUT2D eigenvalue weighted by Gasteiger charge is -2.25. The minimum atomic E-state index is -0.855. The van der Waals surface area contributed by atoms with Crippen LogP contribution in [0.2, 0.25) is 5.02 Å². The van der Waals surface area contributed by atoms with Crippen LogP contribution in [0.25, 0.3) is 0 Å². The summed E-state index contributed by atoms with van der Waals surface area (Å²) >= 11 is 5.83. The molecule has 3 N–H and O–H groups in total. The summed E-state index contributed by atoms with van der Waals surface area (Å²) in [6.07, 6.45) is -0.855. The van der Waals surface area contributed by atoms with Gasteiger partial charge in [-0.2, -0.15) is 0 Å². The van der Waals surface area contributed by atoms with Gasteiger partial charge >= 0.3 is 6.03 Å². The van der Waals surface area contributed by atoms with Crippen LogP contribution in [0.15, 0.2) is 48.5 Å². The number of rotatable bonds is 2. The number of anilines is 1. The Balaban J connectivity index is 1.50. The second-order valence-electron chi connectivity index (χ2n) is 4.94. The summed E-state index contributed by atoms with van der Waals surface area (Å²) in [4.78, 5) is 23.8. The van der Waals surface area contributed by atoms with Gasteiger partial charge in [0.15, 0.2) is 11.5 Å². The molecule has 3 rings (SSSR count). The standard InChI is InChI=1S/C16H14ClN3O4/c17-10-4-3-5-11(8-10)18-16(22)20-19-15(21)14-9-23-12-6-1-2-7-13(12)24-14/h1-8,14H,9H2,(H,19,21)(H2,18,20,22). The lowest BCUT2D eigenvalue weighted by atomic mass is 10.2. The van der Waals surface area contributed by atoms with Crippen LogP contribution in [0.5, 0.6) is 11.5 Å². The average molecular weight is 348 g/mol. The number of amides is 3. The van der Waals surface area contributed by atoms with Gasteiger partial charge in [-0.25, -0.2) is 10.2 Å². The number of urea groups is 1. The van der Waals surface area contributed by atoms with Gasteiger partial charge in [-0.05, 0) is 30.3 Å². The highest BCUT2D eigenvalue weighted by molar-refractivity contribution is 6.30. The molecule has 0 spiro atoms. The Morgan fingerprint density at radius 3 is 2.62 bits per heavy atom. The Labute approximate surface area is 142 Å². The molecule has 0 saturated heterocycles. The predicted molar refractivity (Wildman–Crippen MR) is 88.1 cm³/mol. The molecule has 7 nitrogen and oxygen atoms in total. The van der Waals surface area contributed by atoms with Crippen LogP contribution in [0, 0.1) is 0 Å². The number of carbonyl (C=O) groups is 2. The van der Waals surface area contributed by atoms with Crippen molar-refractivity contribution in [2.24, 2.45) is 0 Å². The molecule has 0 radical (unpaired) electrons. The van der Waals surface area contributed by atoms with Crippen molar-refractivity contribution in [2.45, 2.75) is 6.10 Å². The normalized spacial score (nSPS) is 15.3. The van der Waals surface area contributed by atoms with Gasteiger partial charge in [-0.3, -0.25) is 10.2 Å². The molecule has 0 aromatic heterocycles. The summed E-state index contributed by atoms with van der Waals surface area (Å²) in [5.41, 5.74) is 5.02. The minimum Gasteiger partial charge on any atom is -0.485 e. The van der Waals surface area contributed by atoms with Gasteiger partial charge in [0.05, 0.1) is 0 Å². The number of halogens is 1. The lowest BCUT2D eigenvalue weighted by Crippen LogP contribution is -2.51. The highest BCUT2D eigenvalue weighted by atomic mass is 35.5. The SMILES string of the molecule is O=C(NNC(=O)C1COc2ccccc2O1)Nc1cccc(Cl)c1. The fourth-order valence-corrected chi connectivity index (χ4v) is 2.27. The molecule has 2 aromatic carbocycles. The topological polar surface area (TPSA) is 88.7 Å². The Morgan fingerprint density at radius 1 is 1.04 bits per heavy atom. The van der Waals surface area contributed by atoms with Gasteiger partial charge in [0.2, 0.25) is 6.10 Å². The van der Waals surface area contributed by atoms with Crippen LogP contribution in [0.4, 0.5) is 10.5 Å². The van der Waals surface area contributed by atoms with E-state index in [1.165, 1.54) is 0 Å². The molecule has 0 fully saturated rings. The van der Waals surface area contributed by atoms with E-state index in [1.54, 1.807) is 42.5 Å². The van der Waals surface area contributed by atoms with Crippen LogP contribution in [0.3, 0.4) is 0 Å². The summed E-state index contributed by atoms with van der Waals surface area (Å²) in [5.74, 6) is 0.534. The van der Waals surface area contributed by atoms with Crippen LogP contribution >= 0.6 is 11.6 Å². The predicted octanol–water partition coefficient (Wildman–Crippen LogP) is 2.33. The third-order valence-corrected chi connectivity index (χ3v) is 3.42. The summed E-state index contributed by atoms with van der Waals surface area (Å²) in [6.45, 7) is 0.0560. The van der Waals surface area contributed by atoms with Crippen molar-refractivity contribution < 1.29 is 19.1 Å². The number of nitrogens with one attached hydrogen (secondary N) is 3. The second-order valence-corrected chi connectivity index (χ2v) is 5.38. The second kappa shape index (κ2) is 7.10. The molecule has 1 unspecified atom stereocenters. The summed E-state index contributed by atoms with van der Waals surface area (Å²) in [5, 5.41) is 3.02. The highest BCUT2D eigenvalue weighted by Gasteiger charge is 2.27. The van der Waals surface area contributed by atoms with E-state index in [4.69, 9.17) is 21.1 Å². The first-order chi connectivity index (χ1) is 11.6. The smallest absolute Gasteiger partial charge is 0.337 e. The van der Waals surface area contributed by atoms with Gasteiger partial charge < -0.3 is 14.8 Å². The van der Waals surface area contributed by atoms with Gasteiger partial charge in [-0.15, -0.1) is 0 Å². The molecule has 24 heavy (non-hydrogen) atoms. The fourth-order valence-electron chi connectivity index (χ4n) is 2.08. The molecule has 8 heteroatoms. The van der Waals surface area contributed by atoms with Crippen molar-refractivity contribution in [2.75, 3.05) is 11.9 Å². The van der Waals surface area contributed by atoms with E-state index in [0.717, 1.165) is 0 Å². The summed E-state index contributed by atoms with van der Waals surface area (Å²) < 4.78 is 11.0. The maximum atomic E-state index is 12.0. The maximum Gasteiger partial charge on any atom is 0.337 e. The number of benzene rings is 2. The quantitative estimate of drug-likeness (QED) is 0.727. The summed E-state index contributed by atoms with van der Waals surface area (Å²) in [7, 11) is 0. The molecule has 1 heterocycles. The Hall–Kier alpha value is -2.93. The number of ether oxygens (including phenoxy) is 2. The van der Waals surface area contributed by atoms with Gasteiger partial charge in [-0.1, -0.05) is 29.8 Å². The van der Waals surface area contributed by atoms with E-state index in [9.17, 15) is 9.59 Å². The molecule has 1 aliphatic heterocycles. The first kappa shape index (κ1) is 15.9. The Bertz CT molecular complexity index is 768. The molecule has 3 amide bonds. The van der Waals surface area contributed by atoms with E-state index >= 15 is 0 Å². The first-order valence-electron chi connectivity index (χ1n) is 7.13. The van der Waals surface area contributed by atoms with Gasteiger partial charge in [0.1, 0.15) is 6.61 Å². The van der Waals surface area contributed by atoms with Gasteiger partial charge in [0.25, 0.3) is 5.91 Å². The average Bonchev–Trinajstić information content (AvgIpc) is 2.59. The van der Waals surface area contributed by atoms with E-state index in [-0.39, 0.29) is 6.61 Å². The molecule has 2 aromatic rings. The van der Waals surface area contributed by atoms with Crippen LogP contribution in [-0.4, -0.2) is 24.6 Å². The summed E-state index contributed by atoms with van der Waals surface area (Å²) in [6, 6.07) is 13.1.